The van der Waals surface area contributed by atoms with Crippen LogP contribution >= 0.6 is 11.8 Å². The second-order valence-corrected chi connectivity index (χ2v) is 6.05. The van der Waals surface area contributed by atoms with Gasteiger partial charge < -0.3 is 10.6 Å². The van der Waals surface area contributed by atoms with Gasteiger partial charge in [0.2, 0.25) is 5.91 Å². The fourth-order valence-electron chi connectivity index (χ4n) is 2.46. The van der Waals surface area contributed by atoms with Gasteiger partial charge in [-0.2, -0.15) is 11.8 Å². The lowest BCUT2D eigenvalue weighted by molar-refractivity contribution is -0.123. The van der Waals surface area contributed by atoms with Crippen molar-refractivity contribution in [1.29, 1.82) is 0 Å². The predicted molar refractivity (Wildman–Crippen MR) is 81.4 cm³/mol. The van der Waals surface area contributed by atoms with E-state index in [-0.39, 0.29) is 11.9 Å². The van der Waals surface area contributed by atoms with Crippen LogP contribution in [0.1, 0.15) is 24.1 Å². The zero-order chi connectivity index (χ0) is 13.7. The van der Waals surface area contributed by atoms with Gasteiger partial charge in [0.25, 0.3) is 0 Å². The number of carbonyl (C=O) groups excluding carboxylic acids is 1. The molecular formula is C15H22N2OS. The normalized spacial score (nSPS) is 19.6. The number of fused-ring (bicyclic) bond motifs is 1. The number of nitrogens with one attached hydrogen (secondary N) is 2. The Kier molecular flexibility index (Phi) is 5.28. The molecule has 0 aromatic heterocycles. The largest absolute Gasteiger partial charge is 0.354 e. The first kappa shape index (κ1) is 14.4. The SMILES string of the molecule is CSCC(C)CNC(=O)C1NCCc2ccccc21. The summed E-state index contributed by atoms with van der Waals surface area (Å²) in [6, 6.07) is 8.03. The van der Waals surface area contributed by atoms with Gasteiger partial charge in [-0.25, -0.2) is 0 Å². The van der Waals surface area contributed by atoms with Gasteiger partial charge in [-0.1, -0.05) is 31.2 Å². The molecule has 2 unspecified atom stereocenters. The Balaban J connectivity index is 1.97. The van der Waals surface area contributed by atoms with Crippen molar-refractivity contribution in [3.8, 4) is 0 Å². The Labute approximate surface area is 119 Å². The summed E-state index contributed by atoms with van der Waals surface area (Å²) < 4.78 is 0. The lowest BCUT2D eigenvalue weighted by atomic mass is 9.94. The fraction of sp³-hybridized carbons (Fsp3) is 0.533. The standard InChI is InChI=1S/C15H22N2OS/c1-11(10-19-2)9-17-15(18)14-13-6-4-3-5-12(13)7-8-16-14/h3-6,11,14,16H,7-10H2,1-2H3,(H,17,18). The topological polar surface area (TPSA) is 41.1 Å². The Morgan fingerprint density at radius 1 is 1.53 bits per heavy atom. The molecule has 1 amide bonds. The molecule has 1 heterocycles. The van der Waals surface area contributed by atoms with Crippen molar-refractivity contribution in [3.05, 3.63) is 35.4 Å². The second kappa shape index (κ2) is 6.96. The summed E-state index contributed by atoms with van der Waals surface area (Å²) in [6.45, 7) is 3.79. The number of hydrogen-bond donors (Lipinski definition) is 2. The summed E-state index contributed by atoms with van der Waals surface area (Å²) >= 11 is 1.82. The van der Waals surface area contributed by atoms with Crippen molar-refractivity contribution in [2.75, 3.05) is 25.1 Å². The third-order valence-electron chi connectivity index (χ3n) is 3.45. The van der Waals surface area contributed by atoms with Crippen molar-refractivity contribution in [3.63, 3.8) is 0 Å². The lowest BCUT2D eigenvalue weighted by Gasteiger charge is -2.26. The van der Waals surface area contributed by atoms with E-state index in [1.54, 1.807) is 0 Å². The summed E-state index contributed by atoms with van der Waals surface area (Å²) in [5.74, 6) is 1.69. The summed E-state index contributed by atoms with van der Waals surface area (Å²) in [7, 11) is 0. The monoisotopic (exact) mass is 278 g/mol. The van der Waals surface area contributed by atoms with Gasteiger partial charge in [-0.3, -0.25) is 4.79 Å². The number of benzene rings is 1. The minimum atomic E-state index is -0.188. The molecule has 0 saturated heterocycles. The Bertz CT molecular complexity index is 436. The summed E-state index contributed by atoms with van der Waals surface area (Å²) in [4.78, 5) is 12.3. The second-order valence-electron chi connectivity index (χ2n) is 5.14. The number of rotatable bonds is 5. The molecule has 0 aliphatic carbocycles. The molecule has 0 radical (unpaired) electrons. The van der Waals surface area contributed by atoms with E-state index >= 15 is 0 Å². The van der Waals surface area contributed by atoms with Gasteiger partial charge >= 0.3 is 0 Å². The van der Waals surface area contributed by atoms with Crippen LogP contribution in [-0.4, -0.2) is 31.0 Å². The molecule has 0 bridgehead atoms. The van der Waals surface area contributed by atoms with Crippen LogP contribution < -0.4 is 10.6 Å². The third-order valence-corrected chi connectivity index (χ3v) is 4.35. The fourth-order valence-corrected chi connectivity index (χ4v) is 3.15. The van der Waals surface area contributed by atoms with E-state index in [0.29, 0.717) is 5.92 Å². The van der Waals surface area contributed by atoms with Crippen LogP contribution in [0.25, 0.3) is 0 Å². The first-order valence-corrected chi connectivity index (χ1v) is 8.19. The quantitative estimate of drug-likeness (QED) is 0.865. The van der Waals surface area contributed by atoms with E-state index in [4.69, 9.17) is 0 Å². The van der Waals surface area contributed by atoms with E-state index in [1.807, 2.05) is 23.9 Å². The average Bonchev–Trinajstić information content (AvgIpc) is 2.44. The van der Waals surface area contributed by atoms with Crippen molar-refractivity contribution in [2.24, 2.45) is 5.92 Å². The zero-order valence-corrected chi connectivity index (χ0v) is 12.4. The van der Waals surface area contributed by atoms with Crippen LogP contribution in [0, 0.1) is 5.92 Å². The molecular weight excluding hydrogens is 256 g/mol. The molecule has 0 spiro atoms. The molecule has 0 fully saturated rings. The number of amides is 1. The van der Waals surface area contributed by atoms with Crippen molar-refractivity contribution >= 4 is 17.7 Å². The highest BCUT2D eigenvalue weighted by Crippen LogP contribution is 2.22. The maximum atomic E-state index is 12.3. The number of hydrogen-bond acceptors (Lipinski definition) is 3. The van der Waals surface area contributed by atoms with Crippen LogP contribution in [0.2, 0.25) is 0 Å². The summed E-state index contributed by atoms with van der Waals surface area (Å²) in [6.07, 6.45) is 3.10. The molecule has 0 saturated carbocycles. The molecule has 3 nitrogen and oxygen atoms in total. The maximum Gasteiger partial charge on any atom is 0.241 e. The van der Waals surface area contributed by atoms with Crippen LogP contribution in [0.5, 0.6) is 0 Å². The van der Waals surface area contributed by atoms with E-state index < -0.39 is 0 Å². The molecule has 1 aromatic carbocycles. The Morgan fingerprint density at radius 3 is 3.11 bits per heavy atom. The average molecular weight is 278 g/mol. The minimum absolute atomic E-state index is 0.0973. The van der Waals surface area contributed by atoms with E-state index in [2.05, 4.69) is 35.9 Å². The smallest absolute Gasteiger partial charge is 0.241 e. The van der Waals surface area contributed by atoms with Gasteiger partial charge in [0.05, 0.1) is 0 Å². The highest BCUT2D eigenvalue weighted by atomic mass is 32.2. The molecule has 1 aliphatic heterocycles. The third kappa shape index (κ3) is 3.74. The molecule has 1 aliphatic rings. The highest BCUT2D eigenvalue weighted by molar-refractivity contribution is 7.98. The maximum absolute atomic E-state index is 12.3. The summed E-state index contributed by atoms with van der Waals surface area (Å²) in [5.41, 5.74) is 2.42. The van der Waals surface area contributed by atoms with Gasteiger partial charge in [-0.05, 0) is 35.5 Å². The van der Waals surface area contributed by atoms with Crippen LogP contribution in [0.4, 0.5) is 0 Å². The van der Waals surface area contributed by atoms with Crippen LogP contribution in [0.15, 0.2) is 24.3 Å². The van der Waals surface area contributed by atoms with Crippen molar-refractivity contribution in [1.82, 2.24) is 10.6 Å². The van der Waals surface area contributed by atoms with Gasteiger partial charge in [0.1, 0.15) is 6.04 Å². The first-order valence-electron chi connectivity index (χ1n) is 6.80. The van der Waals surface area contributed by atoms with Gasteiger partial charge in [-0.15, -0.1) is 0 Å². The molecule has 1 aromatic rings. The molecule has 19 heavy (non-hydrogen) atoms. The van der Waals surface area contributed by atoms with Crippen molar-refractivity contribution < 1.29 is 4.79 Å². The zero-order valence-electron chi connectivity index (χ0n) is 11.6. The molecule has 2 atom stereocenters. The minimum Gasteiger partial charge on any atom is -0.354 e. The molecule has 2 rings (SSSR count). The number of thioether (sulfide) groups is 1. The van der Waals surface area contributed by atoms with Crippen molar-refractivity contribution in [2.45, 2.75) is 19.4 Å². The lowest BCUT2D eigenvalue weighted by Crippen LogP contribution is -2.42. The van der Waals surface area contributed by atoms with Crippen LogP contribution in [0.3, 0.4) is 0 Å². The van der Waals surface area contributed by atoms with Gasteiger partial charge in [0.15, 0.2) is 0 Å². The van der Waals surface area contributed by atoms with Gasteiger partial charge in [0, 0.05) is 13.1 Å². The van der Waals surface area contributed by atoms with E-state index in [1.165, 1.54) is 5.56 Å². The Hall–Kier alpha value is -1.00. The molecule has 104 valence electrons. The first-order chi connectivity index (χ1) is 9.22. The molecule has 2 N–H and O–H groups in total. The van der Waals surface area contributed by atoms with E-state index in [9.17, 15) is 4.79 Å². The van der Waals surface area contributed by atoms with Crippen LogP contribution in [-0.2, 0) is 11.2 Å². The van der Waals surface area contributed by atoms with E-state index in [0.717, 1.165) is 30.8 Å². The predicted octanol–water partition coefficient (Wildman–Crippen LogP) is 1.99. The summed E-state index contributed by atoms with van der Waals surface area (Å²) in [5, 5.41) is 6.38. The number of carbonyl (C=O) groups is 1. The Morgan fingerprint density at radius 2 is 2.32 bits per heavy atom. The molecule has 4 heteroatoms. The highest BCUT2D eigenvalue weighted by Gasteiger charge is 2.25.